The van der Waals surface area contributed by atoms with Gasteiger partial charge >= 0.3 is 0 Å². The fraction of sp³-hybridized carbons (Fsp3) is 0.519. The van der Waals surface area contributed by atoms with Crippen LogP contribution in [0.3, 0.4) is 0 Å². The molecule has 1 unspecified atom stereocenters. The van der Waals surface area contributed by atoms with E-state index in [0.717, 1.165) is 37.3 Å². The van der Waals surface area contributed by atoms with Crippen molar-refractivity contribution in [3.8, 4) is 0 Å². The van der Waals surface area contributed by atoms with E-state index in [2.05, 4.69) is 34.2 Å². The van der Waals surface area contributed by atoms with Gasteiger partial charge in [0.15, 0.2) is 0 Å². The number of nitrogens with one attached hydrogen (secondary N) is 1. The zero-order valence-electron chi connectivity index (χ0n) is 22.0. The Hall–Kier alpha value is -3.33. The van der Waals surface area contributed by atoms with Gasteiger partial charge in [-0.3, -0.25) is 9.59 Å². The van der Waals surface area contributed by atoms with Crippen LogP contribution in [0.4, 0.5) is 5.69 Å². The fourth-order valence-electron chi connectivity index (χ4n) is 4.48. The number of aliphatic imine (C=N–C) groups is 1. The number of benzene rings is 1. The van der Waals surface area contributed by atoms with E-state index in [1.54, 1.807) is 37.2 Å². The van der Waals surface area contributed by atoms with Crippen molar-refractivity contribution in [3.05, 3.63) is 54.0 Å². The molecule has 2 amide bonds. The van der Waals surface area contributed by atoms with Gasteiger partial charge in [0.25, 0.3) is 0 Å². The number of piperazine rings is 1. The van der Waals surface area contributed by atoms with Crippen molar-refractivity contribution in [2.75, 3.05) is 32.7 Å². The van der Waals surface area contributed by atoms with Crippen LogP contribution in [0.2, 0.25) is 0 Å². The molecule has 1 atom stereocenters. The first-order chi connectivity index (χ1) is 17.1. The number of hydrogen-bond acceptors (Lipinski definition) is 6. The number of carbonyl (C=O) groups excluding carboxylic acids is 2. The Balaban J connectivity index is 1.65. The first-order valence-corrected chi connectivity index (χ1v) is 12.8. The summed E-state index contributed by atoms with van der Waals surface area (Å²) in [4.78, 5) is 35.0. The molecule has 3 rings (SSSR count). The zero-order chi connectivity index (χ0) is 26.3. The van der Waals surface area contributed by atoms with Crippen LogP contribution in [0.5, 0.6) is 0 Å². The fourth-order valence-corrected chi connectivity index (χ4v) is 4.48. The number of nitrogens with two attached hydrogens (primary N) is 2. The standard InChI is InChI=1S/C27H41N7O2/c1-5-6-23-24(19-28)34(23)14-12-21-7-9-22(10-8-21)31-25(11-13-30-20(2)35)32-15-17-33(18-16-32)26(36)27(3,4)29/h7-11,13,19,23H,5-6,12,14-18,28-29H2,1-4H3,(H,30,35)/b13-11-,24-19+,31-25?. The third-order valence-corrected chi connectivity index (χ3v) is 6.50. The van der Waals surface area contributed by atoms with Crippen LogP contribution in [0.25, 0.3) is 0 Å². The van der Waals surface area contributed by atoms with Gasteiger partial charge in [-0.15, -0.1) is 0 Å². The maximum Gasteiger partial charge on any atom is 0.242 e. The second-order valence-corrected chi connectivity index (χ2v) is 10.0. The summed E-state index contributed by atoms with van der Waals surface area (Å²) < 4.78 is 0. The Morgan fingerprint density at radius 3 is 2.33 bits per heavy atom. The maximum atomic E-state index is 12.5. The Kier molecular flexibility index (Phi) is 9.14. The van der Waals surface area contributed by atoms with Gasteiger partial charge in [0.05, 0.1) is 23.0 Å². The van der Waals surface area contributed by atoms with E-state index in [0.29, 0.717) is 32.2 Å². The summed E-state index contributed by atoms with van der Waals surface area (Å²) in [5.74, 6) is 0.540. The van der Waals surface area contributed by atoms with Crippen molar-refractivity contribution in [1.29, 1.82) is 0 Å². The molecule has 1 aromatic carbocycles. The van der Waals surface area contributed by atoms with Crippen molar-refractivity contribution in [2.24, 2.45) is 16.5 Å². The lowest BCUT2D eigenvalue weighted by Gasteiger charge is -2.38. The third-order valence-electron chi connectivity index (χ3n) is 6.50. The predicted octanol–water partition coefficient (Wildman–Crippen LogP) is 2.07. The lowest BCUT2D eigenvalue weighted by Crippen LogP contribution is -2.57. The molecule has 196 valence electrons. The molecule has 9 heteroatoms. The Morgan fingerprint density at radius 2 is 1.78 bits per heavy atom. The third kappa shape index (κ3) is 7.34. The smallest absolute Gasteiger partial charge is 0.242 e. The van der Waals surface area contributed by atoms with E-state index < -0.39 is 5.54 Å². The minimum absolute atomic E-state index is 0.0531. The molecular formula is C27H41N7O2. The van der Waals surface area contributed by atoms with Crippen LogP contribution in [0.1, 0.15) is 46.1 Å². The van der Waals surface area contributed by atoms with Gasteiger partial charge in [0.1, 0.15) is 5.84 Å². The van der Waals surface area contributed by atoms with E-state index in [1.807, 2.05) is 12.1 Å². The summed E-state index contributed by atoms with van der Waals surface area (Å²) in [5, 5.41) is 2.68. The van der Waals surface area contributed by atoms with Gasteiger partial charge in [-0.25, -0.2) is 4.99 Å². The highest BCUT2D eigenvalue weighted by atomic mass is 16.2. The molecule has 0 bridgehead atoms. The number of carbonyl (C=O) groups is 2. The number of amides is 2. The summed E-state index contributed by atoms with van der Waals surface area (Å²) in [6, 6.07) is 8.76. The van der Waals surface area contributed by atoms with Crippen molar-refractivity contribution in [1.82, 2.24) is 20.0 Å². The highest BCUT2D eigenvalue weighted by Gasteiger charge is 2.38. The lowest BCUT2D eigenvalue weighted by atomic mass is 10.0. The van der Waals surface area contributed by atoms with E-state index in [4.69, 9.17) is 16.5 Å². The van der Waals surface area contributed by atoms with Gasteiger partial charge in [-0.1, -0.05) is 25.5 Å². The van der Waals surface area contributed by atoms with Gasteiger partial charge < -0.3 is 31.5 Å². The molecule has 1 aromatic rings. The molecule has 0 saturated carbocycles. The Morgan fingerprint density at radius 1 is 1.14 bits per heavy atom. The zero-order valence-corrected chi connectivity index (χ0v) is 22.0. The second-order valence-electron chi connectivity index (χ2n) is 10.0. The number of nitrogens with zero attached hydrogens (tertiary/aromatic N) is 4. The average molecular weight is 496 g/mol. The van der Waals surface area contributed by atoms with Crippen LogP contribution in [-0.2, 0) is 16.0 Å². The van der Waals surface area contributed by atoms with E-state index >= 15 is 0 Å². The molecule has 2 fully saturated rings. The highest BCUT2D eigenvalue weighted by Crippen LogP contribution is 2.35. The lowest BCUT2D eigenvalue weighted by molar-refractivity contribution is -0.137. The molecule has 0 aromatic heterocycles. The topological polar surface area (TPSA) is 120 Å². The number of amidine groups is 1. The Bertz CT molecular complexity index is 1000. The summed E-state index contributed by atoms with van der Waals surface area (Å²) in [6.07, 6.45) is 8.40. The molecule has 2 heterocycles. The highest BCUT2D eigenvalue weighted by molar-refractivity contribution is 5.95. The minimum atomic E-state index is -0.887. The molecule has 2 aliphatic heterocycles. The van der Waals surface area contributed by atoms with Crippen LogP contribution in [0.15, 0.2) is 53.4 Å². The number of rotatable bonds is 9. The van der Waals surface area contributed by atoms with E-state index in [9.17, 15) is 9.59 Å². The first kappa shape index (κ1) is 27.3. The summed E-state index contributed by atoms with van der Waals surface area (Å²) in [6.45, 7) is 10.5. The normalized spacial score (nSPS) is 19.8. The predicted molar refractivity (Wildman–Crippen MR) is 144 cm³/mol. The van der Waals surface area contributed by atoms with Crippen molar-refractivity contribution in [3.63, 3.8) is 0 Å². The molecule has 0 spiro atoms. The van der Waals surface area contributed by atoms with E-state index in [1.165, 1.54) is 18.2 Å². The van der Waals surface area contributed by atoms with Crippen LogP contribution >= 0.6 is 0 Å². The molecule has 2 aliphatic rings. The first-order valence-electron chi connectivity index (χ1n) is 12.8. The molecule has 9 nitrogen and oxygen atoms in total. The molecule has 36 heavy (non-hydrogen) atoms. The molecule has 5 N–H and O–H groups in total. The van der Waals surface area contributed by atoms with Gasteiger partial charge in [-0.2, -0.15) is 0 Å². The van der Waals surface area contributed by atoms with Crippen LogP contribution < -0.4 is 16.8 Å². The van der Waals surface area contributed by atoms with Crippen LogP contribution in [0, 0.1) is 0 Å². The van der Waals surface area contributed by atoms with Crippen molar-refractivity contribution < 1.29 is 9.59 Å². The SMILES string of the molecule is CCCC1/C(=C\N)N1CCc1ccc(N=C(/C=C\NC(C)=O)N2CCN(C(=O)C(C)(C)N)CC2)cc1. The van der Waals surface area contributed by atoms with Crippen LogP contribution in [-0.4, -0.2) is 76.7 Å². The van der Waals surface area contributed by atoms with Gasteiger partial charge in [0.2, 0.25) is 11.8 Å². The second kappa shape index (κ2) is 12.1. The van der Waals surface area contributed by atoms with Gasteiger partial charge in [-0.05, 0) is 50.5 Å². The van der Waals surface area contributed by atoms with Gasteiger partial charge in [0, 0.05) is 52.0 Å². The quantitative estimate of drug-likeness (QED) is 0.274. The molecular weight excluding hydrogens is 454 g/mol. The number of hydrogen-bond donors (Lipinski definition) is 3. The largest absolute Gasteiger partial charge is 0.403 e. The Labute approximate surface area is 214 Å². The monoisotopic (exact) mass is 495 g/mol. The maximum absolute atomic E-state index is 12.5. The molecule has 0 aliphatic carbocycles. The molecule has 2 saturated heterocycles. The van der Waals surface area contributed by atoms with E-state index in [-0.39, 0.29) is 11.8 Å². The van der Waals surface area contributed by atoms with Crippen molar-refractivity contribution in [2.45, 2.75) is 58.5 Å². The minimum Gasteiger partial charge on any atom is -0.403 e. The summed E-state index contributed by atoms with van der Waals surface area (Å²) in [7, 11) is 0. The average Bonchev–Trinajstić information content (AvgIpc) is 3.53. The van der Waals surface area contributed by atoms with Crippen molar-refractivity contribution >= 4 is 23.3 Å². The summed E-state index contributed by atoms with van der Waals surface area (Å²) >= 11 is 0. The summed E-state index contributed by atoms with van der Waals surface area (Å²) in [5.41, 5.74) is 14.2. The molecule has 0 radical (unpaired) electrons.